The van der Waals surface area contributed by atoms with Crippen molar-refractivity contribution in [1.29, 1.82) is 0 Å². The second-order valence-corrected chi connectivity index (χ2v) is 6.65. The molecule has 0 unspecified atom stereocenters. The number of halogens is 1. The lowest BCUT2D eigenvalue weighted by molar-refractivity contribution is 0.0951. The van der Waals surface area contributed by atoms with Crippen LogP contribution in [0.5, 0.6) is 0 Å². The minimum Gasteiger partial charge on any atom is -0.373 e. The molecule has 6 nitrogen and oxygen atoms in total. The summed E-state index contributed by atoms with van der Waals surface area (Å²) >= 11 is 5.87. The summed E-state index contributed by atoms with van der Waals surface area (Å²) in [4.78, 5) is 15.8. The fourth-order valence-electron chi connectivity index (χ4n) is 1.29. The van der Waals surface area contributed by atoms with Gasteiger partial charge in [0.05, 0.1) is 10.8 Å². The third kappa shape index (κ3) is 4.68. The highest BCUT2D eigenvalue weighted by Crippen LogP contribution is 2.16. The van der Waals surface area contributed by atoms with Crippen molar-refractivity contribution in [3.05, 3.63) is 22.8 Å². The van der Waals surface area contributed by atoms with E-state index in [-0.39, 0.29) is 28.8 Å². The topological polar surface area (TPSA) is 88.2 Å². The molecule has 1 aromatic heterocycles. The summed E-state index contributed by atoms with van der Waals surface area (Å²) in [5.41, 5.74) is 0.0717. The van der Waals surface area contributed by atoms with Crippen molar-refractivity contribution < 1.29 is 13.2 Å². The Balaban J connectivity index is 2.68. The van der Waals surface area contributed by atoms with Crippen LogP contribution in [0.1, 0.15) is 17.4 Å². The van der Waals surface area contributed by atoms with E-state index in [0.717, 1.165) is 0 Å². The van der Waals surface area contributed by atoms with Gasteiger partial charge in [-0.3, -0.25) is 4.79 Å². The van der Waals surface area contributed by atoms with Crippen molar-refractivity contribution in [3.8, 4) is 0 Å². The van der Waals surface area contributed by atoms with Crippen LogP contribution in [0, 0.1) is 0 Å². The van der Waals surface area contributed by atoms with Gasteiger partial charge in [0.2, 0.25) is 0 Å². The molecule has 1 amide bonds. The van der Waals surface area contributed by atoms with E-state index in [2.05, 4.69) is 15.6 Å². The summed E-state index contributed by atoms with van der Waals surface area (Å²) in [6, 6.07) is 3.19. The van der Waals surface area contributed by atoms with Crippen molar-refractivity contribution in [2.24, 2.45) is 0 Å². The van der Waals surface area contributed by atoms with Gasteiger partial charge in [-0.1, -0.05) is 18.5 Å². The predicted molar refractivity (Wildman–Crippen MR) is 75.5 cm³/mol. The number of hydrogen-bond donors (Lipinski definition) is 2. The molecule has 8 heteroatoms. The molecule has 0 aliphatic rings. The number of nitrogens with zero attached hydrogens (tertiary/aromatic N) is 1. The number of sulfone groups is 1. The second-order valence-electron chi connectivity index (χ2n) is 3.77. The first kappa shape index (κ1) is 15.7. The largest absolute Gasteiger partial charge is 0.373 e. The number of aromatic nitrogens is 1. The van der Waals surface area contributed by atoms with Gasteiger partial charge in [0.15, 0.2) is 9.84 Å². The fourth-order valence-corrected chi connectivity index (χ4v) is 2.18. The zero-order valence-electron chi connectivity index (χ0n) is 10.7. The first-order valence-electron chi connectivity index (χ1n) is 5.72. The lowest BCUT2D eigenvalue weighted by Crippen LogP contribution is -2.30. The van der Waals surface area contributed by atoms with E-state index in [0.29, 0.717) is 5.82 Å². The Morgan fingerprint density at radius 3 is 2.68 bits per heavy atom. The Morgan fingerprint density at radius 1 is 1.42 bits per heavy atom. The average Bonchev–Trinajstić information content (AvgIpc) is 2.39. The minimum absolute atomic E-state index is 0.0385. The summed E-state index contributed by atoms with van der Waals surface area (Å²) in [5.74, 6) is -0.0282. The number of carbonyl (C=O) groups excluding carboxylic acids is 1. The first-order chi connectivity index (χ1) is 8.89. The van der Waals surface area contributed by atoms with E-state index < -0.39 is 15.7 Å². The number of anilines is 1. The third-order valence-corrected chi connectivity index (χ3v) is 4.47. The molecule has 0 radical (unpaired) electrons. The van der Waals surface area contributed by atoms with Crippen LogP contribution in [0.15, 0.2) is 12.1 Å². The Bertz CT molecular complexity index is 560. The van der Waals surface area contributed by atoms with Crippen LogP contribution in [0.4, 0.5) is 5.82 Å². The van der Waals surface area contributed by atoms with Crippen LogP contribution in [0.3, 0.4) is 0 Å². The van der Waals surface area contributed by atoms with Crippen LogP contribution in [0.25, 0.3) is 0 Å². The molecule has 0 saturated carbocycles. The summed E-state index contributed by atoms with van der Waals surface area (Å²) in [7, 11) is -1.43. The van der Waals surface area contributed by atoms with Crippen molar-refractivity contribution in [3.63, 3.8) is 0 Å². The van der Waals surface area contributed by atoms with Crippen molar-refractivity contribution >= 4 is 33.2 Å². The normalized spacial score (nSPS) is 11.1. The molecule has 0 aliphatic carbocycles. The van der Waals surface area contributed by atoms with Crippen LogP contribution < -0.4 is 10.6 Å². The van der Waals surface area contributed by atoms with Gasteiger partial charge in [0, 0.05) is 19.3 Å². The SMILES string of the molecule is CCS(=O)(=O)CCNC(=O)c1nc(NC)ccc1Cl. The highest BCUT2D eigenvalue weighted by atomic mass is 35.5. The molecular formula is C11H16ClN3O3S. The molecule has 1 rings (SSSR count). The maximum Gasteiger partial charge on any atom is 0.271 e. The molecular weight excluding hydrogens is 290 g/mol. The third-order valence-electron chi connectivity index (χ3n) is 2.46. The van der Waals surface area contributed by atoms with E-state index in [9.17, 15) is 13.2 Å². The van der Waals surface area contributed by atoms with E-state index in [4.69, 9.17) is 11.6 Å². The van der Waals surface area contributed by atoms with Gasteiger partial charge in [-0.05, 0) is 12.1 Å². The number of pyridine rings is 1. The van der Waals surface area contributed by atoms with Gasteiger partial charge in [0.1, 0.15) is 11.5 Å². The number of rotatable bonds is 6. The average molecular weight is 306 g/mol. The van der Waals surface area contributed by atoms with E-state index in [1.807, 2.05) is 0 Å². The number of hydrogen-bond acceptors (Lipinski definition) is 5. The Morgan fingerprint density at radius 2 is 2.11 bits per heavy atom. The molecule has 1 aromatic rings. The molecule has 0 saturated heterocycles. The van der Waals surface area contributed by atoms with Crippen LogP contribution in [-0.2, 0) is 9.84 Å². The van der Waals surface area contributed by atoms with Crippen LogP contribution in [-0.4, -0.2) is 44.4 Å². The van der Waals surface area contributed by atoms with Gasteiger partial charge < -0.3 is 10.6 Å². The molecule has 19 heavy (non-hydrogen) atoms. The zero-order chi connectivity index (χ0) is 14.5. The Kier molecular flexibility index (Phi) is 5.56. The lowest BCUT2D eigenvalue weighted by Gasteiger charge is -2.07. The standard InChI is InChI=1S/C11H16ClN3O3S/c1-3-19(17,18)7-6-14-11(16)10-8(12)4-5-9(13-2)15-10/h4-5H,3,6-7H2,1-2H3,(H,13,15)(H,14,16). The lowest BCUT2D eigenvalue weighted by atomic mass is 10.3. The minimum atomic E-state index is -3.10. The van der Waals surface area contributed by atoms with Gasteiger partial charge in [-0.25, -0.2) is 13.4 Å². The smallest absolute Gasteiger partial charge is 0.271 e. The maximum atomic E-state index is 11.8. The highest BCUT2D eigenvalue weighted by Gasteiger charge is 2.14. The maximum absolute atomic E-state index is 11.8. The summed E-state index contributed by atoms with van der Waals surface area (Å²) in [6.45, 7) is 1.60. The Labute approximate surface area is 117 Å². The second kappa shape index (κ2) is 6.72. The molecule has 0 spiro atoms. The van der Waals surface area contributed by atoms with E-state index in [1.165, 1.54) is 0 Å². The van der Waals surface area contributed by atoms with Crippen LogP contribution in [0.2, 0.25) is 5.02 Å². The molecule has 1 heterocycles. The molecule has 0 aliphatic heterocycles. The predicted octanol–water partition coefficient (Wildman–Crippen LogP) is 0.941. The van der Waals surface area contributed by atoms with Gasteiger partial charge in [0.25, 0.3) is 5.91 Å². The first-order valence-corrected chi connectivity index (χ1v) is 7.92. The van der Waals surface area contributed by atoms with Gasteiger partial charge in [-0.15, -0.1) is 0 Å². The van der Waals surface area contributed by atoms with Gasteiger partial charge >= 0.3 is 0 Å². The quantitative estimate of drug-likeness (QED) is 0.816. The molecule has 0 fully saturated rings. The molecule has 106 valence electrons. The van der Waals surface area contributed by atoms with Crippen molar-refractivity contribution in [2.45, 2.75) is 6.92 Å². The summed E-state index contributed by atoms with van der Waals surface area (Å²) in [5, 5.41) is 5.50. The molecule has 2 N–H and O–H groups in total. The van der Waals surface area contributed by atoms with Crippen molar-refractivity contribution in [2.75, 3.05) is 30.4 Å². The van der Waals surface area contributed by atoms with Crippen LogP contribution >= 0.6 is 11.6 Å². The summed E-state index contributed by atoms with van der Waals surface area (Å²) < 4.78 is 22.6. The molecule has 0 aromatic carbocycles. The Hall–Kier alpha value is -1.34. The number of nitrogens with one attached hydrogen (secondary N) is 2. The van der Waals surface area contributed by atoms with E-state index in [1.54, 1.807) is 26.1 Å². The van der Waals surface area contributed by atoms with E-state index >= 15 is 0 Å². The number of carbonyl (C=O) groups is 1. The monoisotopic (exact) mass is 305 g/mol. The highest BCUT2D eigenvalue weighted by molar-refractivity contribution is 7.91. The molecule has 0 bridgehead atoms. The fraction of sp³-hybridized carbons (Fsp3) is 0.455. The van der Waals surface area contributed by atoms with Crippen molar-refractivity contribution in [1.82, 2.24) is 10.3 Å². The zero-order valence-corrected chi connectivity index (χ0v) is 12.3. The number of amides is 1. The molecule has 0 atom stereocenters. The van der Waals surface area contributed by atoms with Gasteiger partial charge in [-0.2, -0.15) is 0 Å². The summed E-state index contributed by atoms with van der Waals surface area (Å²) in [6.07, 6.45) is 0.